The Labute approximate surface area is 116 Å². The van der Waals surface area contributed by atoms with Crippen LogP contribution in [0.4, 0.5) is 4.39 Å². The maximum atomic E-state index is 13.3. The lowest BCUT2D eigenvalue weighted by atomic mass is 10.1. The fourth-order valence-electron chi connectivity index (χ4n) is 1.75. The molecule has 1 unspecified atom stereocenters. The molecule has 1 N–H and O–H groups in total. The molecule has 0 saturated heterocycles. The Kier molecular flexibility index (Phi) is 6.33. The molecule has 1 rings (SSSR count). The number of carbonyl (C=O) groups is 1. The second-order valence-electron chi connectivity index (χ2n) is 4.47. The molecule has 2 nitrogen and oxygen atoms in total. The number of carbonyl (C=O) groups excluding carboxylic acids is 1. The minimum Gasteiger partial charge on any atom is -0.350 e. The normalized spacial score (nSPS) is 12.2. The van der Waals surface area contributed by atoms with E-state index in [1.807, 2.05) is 6.92 Å². The van der Waals surface area contributed by atoms with Gasteiger partial charge in [-0.25, -0.2) is 4.39 Å². The molecule has 4 heteroatoms. The summed E-state index contributed by atoms with van der Waals surface area (Å²) < 4.78 is 13.5. The number of rotatable bonds is 6. The van der Waals surface area contributed by atoms with Crippen molar-refractivity contribution in [2.24, 2.45) is 0 Å². The molecule has 0 aromatic heterocycles. The summed E-state index contributed by atoms with van der Waals surface area (Å²) >= 11 is 3.10. The van der Waals surface area contributed by atoms with Gasteiger partial charge in [-0.1, -0.05) is 32.3 Å². The van der Waals surface area contributed by atoms with Crippen molar-refractivity contribution < 1.29 is 9.18 Å². The largest absolute Gasteiger partial charge is 0.350 e. The summed E-state index contributed by atoms with van der Waals surface area (Å²) in [5.74, 6) is -0.647. The quantitative estimate of drug-likeness (QED) is 0.780. The van der Waals surface area contributed by atoms with Crippen LogP contribution in [0.15, 0.2) is 22.7 Å². The zero-order chi connectivity index (χ0) is 13.5. The molecular weight excluding hydrogens is 297 g/mol. The van der Waals surface area contributed by atoms with E-state index in [0.717, 1.165) is 19.3 Å². The molecule has 0 fully saturated rings. The molecule has 0 saturated carbocycles. The van der Waals surface area contributed by atoms with Gasteiger partial charge < -0.3 is 5.32 Å². The summed E-state index contributed by atoms with van der Waals surface area (Å²) in [6.45, 7) is 4.12. The van der Waals surface area contributed by atoms with Gasteiger partial charge in [-0.3, -0.25) is 4.79 Å². The van der Waals surface area contributed by atoms with Crippen LogP contribution in [0.25, 0.3) is 0 Å². The van der Waals surface area contributed by atoms with Gasteiger partial charge in [0.15, 0.2) is 0 Å². The molecule has 0 bridgehead atoms. The van der Waals surface area contributed by atoms with Crippen LogP contribution in [-0.4, -0.2) is 11.9 Å². The average Bonchev–Trinajstić information content (AvgIpc) is 2.32. The summed E-state index contributed by atoms with van der Waals surface area (Å²) in [6, 6.07) is 4.59. The van der Waals surface area contributed by atoms with Gasteiger partial charge in [0, 0.05) is 6.04 Å². The van der Waals surface area contributed by atoms with Gasteiger partial charge in [0.25, 0.3) is 5.91 Å². The molecule has 0 radical (unpaired) electrons. The van der Waals surface area contributed by atoms with Crippen LogP contribution in [0.3, 0.4) is 0 Å². The number of hydrogen-bond donors (Lipinski definition) is 1. The first-order chi connectivity index (χ1) is 8.56. The molecule has 18 heavy (non-hydrogen) atoms. The van der Waals surface area contributed by atoms with E-state index in [1.165, 1.54) is 18.6 Å². The third-order valence-corrected chi connectivity index (χ3v) is 3.62. The molecule has 0 spiro atoms. The van der Waals surface area contributed by atoms with Crippen LogP contribution < -0.4 is 5.32 Å². The Morgan fingerprint density at radius 3 is 2.83 bits per heavy atom. The van der Waals surface area contributed by atoms with Crippen molar-refractivity contribution in [1.82, 2.24) is 5.32 Å². The first-order valence-corrected chi connectivity index (χ1v) is 7.10. The zero-order valence-corrected chi connectivity index (χ0v) is 12.4. The van der Waals surface area contributed by atoms with Crippen molar-refractivity contribution in [2.75, 3.05) is 0 Å². The van der Waals surface area contributed by atoms with E-state index >= 15 is 0 Å². The topological polar surface area (TPSA) is 29.1 Å². The van der Waals surface area contributed by atoms with Gasteiger partial charge in [-0.2, -0.15) is 0 Å². The van der Waals surface area contributed by atoms with E-state index in [2.05, 4.69) is 28.2 Å². The van der Waals surface area contributed by atoms with Crippen molar-refractivity contribution in [3.63, 3.8) is 0 Å². The summed E-state index contributed by atoms with van der Waals surface area (Å²) in [7, 11) is 0. The molecule has 0 aliphatic rings. The molecule has 1 aromatic carbocycles. The minimum absolute atomic E-state index is 0.110. The second-order valence-corrected chi connectivity index (χ2v) is 5.26. The van der Waals surface area contributed by atoms with Crippen molar-refractivity contribution in [2.45, 2.75) is 45.6 Å². The highest BCUT2D eigenvalue weighted by Crippen LogP contribution is 2.20. The molecular formula is C14H19BrFNO. The smallest absolute Gasteiger partial charge is 0.252 e. The summed E-state index contributed by atoms with van der Waals surface area (Å²) in [5, 5.41) is 2.89. The Hall–Kier alpha value is -0.900. The third-order valence-electron chi connectivity index (χ3n) is 2.81. The van der Waals surface area contributed by atoms with E-state index in [9.17, 15) is 9.18 Å². The van der Waals surface area contributed by atoms with Crippen molar-refractivity contribution >= 4 is 21.8 Å². The summed E-state index contributed by atoms with van der Waals surface area (Å²) in [5.41, 5.74) is 0.345. The van der Waals surface area contributed by atoms with Crippen molar-refractivity contribution in [3.05, 3.63) is 34.1 Å². The van der Waals surface area contributed by atoms with E-state index in [4.69, 9.17) is 0 Å². The van der Waals surface area contributed by atoms with E-state index in [0.29, 0.717) is 5.56 Å². The summed E-state index contributed by atoms with van der Waals surface area (Å²) in [6.07, 6.45) is 4.38. The van der Waals surface area contributed by atoms with Gasteiger partial charge in [0.05, 0.1) is 10.0 Å². The fourth-order valence-corrected chi connectivity index (χ4v) is 2.20. The van der Waals surface area contributed by atoms with Gasteiger partial charge in [0.1, 0.15) is 5.82 Å². The number of benzene rings is 1. The summed E-state index contributed by atoms with van der Waals surface area (Å²) in [4.78, 5) is 12.0. The predicted molar refractivity (Wildman–Crippen MR) is 75.2 cm³/mol. The monoisotopic (exact) mass is 315 g/mol. The molecule has 0 aliphatic carbocycles. The minimum atomic E-state index is -0.415. The van der Waals surface area contributed by atoms with Crippen LogP contribution in [-0.2, 0) is 0 Å². The maximum absolute atomic E-state index is 13.3. The molecule has 0 aliphatic heterocycles. The Bertz CT molecular complexity index is 409. The van der Waals surface area contributed by atoms with Gasteiger partial charge in [0.2, 0.25) is 0 Å². The predicted octanol–water partition coefficient (Wildman–Crippen LogP) is 4.29. The lowest BCUT2D eigenvalue weighted by Gasteiger charge is -2.14. The van der Waals surface area contributed by atoms with E-state index < -0.39 is 5.82 Å². The van der Waals surface area contributed by atoms with Gasteiger partial charge in [-0.05, 0) is 41.4 Å². The molecule has 100 valence electrons. The van der Waals surface area contributed by atoms with Crippen LogP contribution in [0.1, 0.15) is 49.9 Å². The second kappa shape index (κ2) is 7.52. The number of nitrogens with one attached hydrogen (secondary N) is 1. The maximum Gasteiger partial charge on any atom is 0.252 e. The number of halogens is 2. The first kappa shape index (κ1) is 15.2. The van der Waals surface area contributed by atoms with Gasteiger partial charge >= 0.3 is 0 Å². The fraction of sp³-hybridized carbons (Fsp3) is 0.500. The lowest BCUT2D eigenvalue weighted by Crippen LogP contribution is -2.32. The number of amides is 1. The number of hydrogen-bond acceptors (Lipinski definition) is 1. The Balaban J connectivity index is 2.57. The van der Waals surface area contributed by atoms with Gasteiger partial charge in [-0.15, -0.1) is 0 Å². The van der Waals surface area contributed by atoms with E-state index in [-0.39, 0.29) is 16.4 Å². The van der Waals surface area contributed by atoms with Crippen LogP contribution in [0.2, 0.25) is 0 Å². The van der Waals surface area contributed by atoms with Crippen molar-refractivity contribution in [1.29, 1.82) is 0 Å². The molecule has 1 aromatic rings. The molecule has 1 atom stereocenters. The average molecular weight is 316 g/mol. The Morgan fingerprint density at radius 2 is 2.17 bits per heavy atom. The third kappa shape index (κ3) is 4.41. The SMILES string of the molecule is CCCCCC(C)NC(=O)c1cccc(F)c1Br. The zero-order valence-electron chi connectivity index (χ0n) is 10.8. The van der Waals surface area contributed by atoms with Crippen LogP contribution in [0.5, 0.6) is 0 Å². The van der Waals surface area contributed by atoms with Crippen molar-refractivity contribution in [3.8, 4) is 0 Å². The highest BCUT2D eigenvalue weighted by molar-refractivity contribution is 9.10. The lowest BCUT2D eigenvalue weighted by molar-refractivity contribution is 0.0936. The van der Waals surface area contributed by atoms with Crippen LogP contribution in [0, 0.1) is 5.82 Å². The first-order valence-electron chi connectivity index (χ1n) is 6.31. The van der Waals surface area contributed by atoms with E-state index in [1.54, 1.807) is 6.07 Å². The standard InChI is InChI=1S/C14H19BrFNO/c1-3-4-5-7-10(2)17-14(18)11-8-6-9-12(16)13(11)15/h6,8-10H,3-5,7H2,1-2H3,(H,17,18). The number of unbranched alkanes of at least 4 members (excludes halogenated alkanes) is 2. The molecule has 0 heterocycles. The molecule has 1 amide bonds. The van der Waals surface area contributed by atoms with Crippen LogP contribution >= 0.6 is 15.9 Å². The highest BCUT2D eigenvalue weighted by atomic mass is 79.9. The highest BCUT2D eigenvalue weighted by Gasteiger charge is 2.14. The Morgan fingerprint density at radius 1 is 1.44 bits per heavy atom.